The molecule has 0 amide bonds. The van der Waals surface area contributed by atoms with E-state index >= 15 is 0 Å². The molecule has 0 saturated heterocycles. The van der Waals surface area contributed by atoms with Crippen LogP contribution in [-0.4, -0.2) is 33.9 Å². The molecule has 1 aromatic rings. The molecule has 80 valence electrons. The van der Waals surface area contributed by atoms with Crippen LogP contribution in [0.4, 0.5) is 0 Å². The van der Waals surface area contributed by atoms with E-state index in [0.717, 1.165) is 0 Å². The minimum Gasteiger partial charge on any atom is -0.468 e. The maximum absolute atomic E-state index is 11.8. The van der Waals surface area contributed by atoms with Gasteiger partial charge in [-0.2, -0.15) is 5.10 Å². The highest BCUT2D eigenvalue weighted by Crippen LogP contribution is 2.27. The molecule has 1 unspecified atom stereocenters. The molecule has 7 heteroatoms. The van der Waals surface area contributed by atoms with E-state index in [1.165, 1.54) is 18.9 Å². The summed E-state index contributed by atoms with van der Waals surface area (Å²) in [5.74, 6) is -0.281. The van der Waals surface area contributed by atoms with Crippen LogP contribution in [0.2, 0.25) is 0 Å². The number of ether oxygens (including phenoxy) is 1. The van der Waals surface area contributed by atoms with E-state index in [0.29, 0.717) is 16.2 Å². The third kappa shape index (κ3) is 1.81. The average molecular weight is 291 g/mol. The number of hydrogen-bond acceptors (Lipinski definition) is 5. The number of esters is 1. The second-order valence-electron chi connectivity index (χ2n) is 2.92. The Morgan fingerprint density at radius 2 is 2.53 bits per heavy atom. The van der Waals surface area contributed by atoms with Crippen LogP contribution in [0.5, 0.6) is 0 Å². The smallest absolute Gasteiger partial charge is 0.326 e. The van der Waals surface area contributed by atoms with Crippen molar-refractivity contribution in [2.24, 2.45) is 0 Å². The maximum Gasteiger partial charge on any atom is 0.326 e. The lowest BCUT2D eigenvalue weighted by molar-refractivity contribution is -0.139. The Labute approximate surface area is 98.3 Å². The first kappa shape index (κ1) is 10.7. The summed E-state index contributed by atoms with van der Waals surface area (Å²) >= 11 is 4.40. The van der Waals surface area contributed by atoms with Crippen molar-refractivity contribution in [3.05, 3.63) is 16.4 Å². The number of hydrogen-bond donors (Lipinski definition) is 0. The van der Waals surface area contributed by atoms with Crippen LogP contribution >= 0.6 is 27.7 Å². The molecule has 0 fully saturated rings. The van der Waals surface area contributed by atoms with Crippen LogP contribution in [0.15, 0.2) is 10.7 Å². The highest BCUT2D eigenvalue weighted by atomic mass is 79.9. The highest BCUT2D eigenvalue weighted by molar-refractivity contribution is 9.10. The summed E-state index contributed by atoms with van der Waals surface area (Å²) < 4.78 is 6.72. The lowest BCUT2D eigenvalue weighted by Crippen LogP contribution is -2.34. The van der Waals surface area contributed by atoms with Crippen molar-refractivity contribution in [3.63, 3.8) is 0 Å². The number of fused-ring (bicyclic) bond motifs is 1. The Morgan fingerprint density at radius 3 is 3.20 bits per heavy atom. The first-order valence-corrected chi connectivity index (χ1v) is 5.94. The molecule has 0 spiro atoms. The van der Waals surface area contributed by atoms with E-state index in [1.807, 2.05) is 0 Å². The number of rotatable bonds is 1. The van der Waals surface area contributed by atoms with Crippen LogP contribution in [-0.2, 0) is 15.4 Å². The Hall–Kier alpha value is -0.820. The van der Waals surface area contributed by atoms with Crippen LogP contribution in [0.25, 0.3) is 0 Å². The van der Waals surface area contributed by atoms with Crippen molar-refractivity contribution in [1.29, 1.82) is 0 Å². The fraction of sp³-hybridized carbons (Fsp3) is 0.375. The summed E-state index contributed by atoms with van der Waals surface area (Å²) in [7, 11) is 1.28. The van der Waals surface area contributed by atoms with Crippen molar-refractivity contribution >= 4 is 39.4 Å². The predicted molar refractivity (Wildman–Crippen MR) is 57.7 cm³/mol. The molecule has 1 aliphatic heterocycles. The topological polar surface area (TPSA) is 61.2 Å². The van der Waals surface area contributed by atoms with Crippen LogP contribution in [0.3, 0.4) is 0 Å². The standard InChI is InChI=1S/C8H7BrN2O3S/c1-14-8(13)7-6(12)4-2-5(9)10-11(4)3-15-7/h2,7H,3H2,1H3. The van der Waals surface area contributed by atoms with Gasteiger partial charge in [-0.15, -0.1) is 11.8 Å². The van der Waals surface area contributed by atoms with Gasteiger partial charge in [0.25, 0.3) is 0 Å². The van der Waals surface area contributed by atoms with Crippen molar-refractivity contribution in [3.8, 4) is 0 Å². The molecular formula is C8H7BrN2O3S. The van der Waals surface area contributed by atoms with Crippen molar-refractivity contribution in [2.75, 3.05) is 7.11 Å². The van der Waals surface area contributed by atoms with E-state index in [-0.39, 0.29) is 5.78 Å². The zero-order chi connectivity index (χ0) is 11.0. The molecule has 1 aliphatic rings. The number of halogens is 1. The van der Waals surface area contributed by atoms with Gasteiger partial charge in [0.05, 0.1) is 13.0 Å². The molecule has 15 heavy (non-hydrogen) atoms. The Morgan fingerprint density at radius 1 is 1.80 bits per heavy atom. The number of nitrogens with zero attached hydrogens (tertiary/aromatic N) is 2. The molecule has 1 aromatic heterocycles. The van der Waals surface area contributed by atoms with Gasteiger partial charge in [0, 0.05) is 6.07 Å². The van der Waals surface area contributed by atoms with Crippen LogP contribution in [0.1, 0.15) is 10.5 Å². The third-order valence-electron chi connectivity index (χ3n) is 2.02. The number of carbonyl (C=O) groups is 2. The van der Waals surface area contributed by atoms with Crippen LogP contribution < -0.4 is 0 Å². The quantitative estimate of drug-likeness (QED) is 0.572. The van der Waals surface area contributed by atoms with E-state index in [4.69, 9.17) is 0 Å². The zero-order valence-electron chi connectivity index (χ0n) is 7.77. The fourth-order valence-electron chi connectivity index (χ4n) is 1.32. The van der Waals surface area contributed by atoms with Gasteiger partial charge in [0.15, 0.2) is 5.25 Å². The molecule has 2 heterocycles. The molecule has 5 nitrogen and oxygen atoms in total. The largest absolute Gasteiger partial charge is 0.468 e. The predicted octanol–water partition coefficient (Wildman–Crippen LogP) is 1.07. The number of aromatic nitrogens is 2. The van der Waals surface area contributed by atoms with Gasteiger partial charge >= 0.3 is 5.97 Å². The van der Waals surface area contributed by atoms with Gasteiger partial charge < -0.3 is 4.74 Å². The second-order valence-corrected chi connectivity index (χ2v) is 4.79. The number of ketones is 1. The number of carbonyl (C=O) groups excluding carboxylic acids is 2. The van der Waals surface area contributed by atoms with Gasteiger partial charge in [0.2, 0.25) is 5.78 Å². The monoisotopic (exact) mass is 290 g/mol. The second kappa shape index (κ2) is 3.97. The average Bonchev–Trinajstić information content (AvgIpc) is 2.59. The molecule has 0 radical (unpaired) electrons. The SMILES string of the molecule is COC(=O)C1SCn2nc(Br)cc2C1=O. The summed E-state index contributed by atoms with van der Waals surface area (Å²) in [6.45, 7) is 0. The Balaban J connectivity index is 2.33. The minimum absolute atomic E-state index is 0.253. The van der Waals surface area contributed by atoms with E-state index in [1.54, 1.807) is 10.7 Å². The van der Waals surface area contributed by atoms with Gasteiger partial charge in [-0.25, -0.2) is 0 Å². The normalized spacial score (nSPS) is 19.9. The molecule has 0 bridgehead atoms. The maximum atomic E-state index is 11.8. The third-order valence-corrected chi connectivity index (χ3v) is 3.54. The van der Waals surface area contributed by atoms with E-state index in [2.05, 4.69) is 25.8 Å². The van der Waals surface area contributed by atoms with Crippen LogP contribution in [0, 0.1) is 0 Å². The highest BCUT2D eigenvalue weighted by Gasteiger charge is 2.35. The van der Waals surface area contributed by atoms with Crippen molar-refractivity contribution < 1.29 is 14.3 Å². The molecule has 0 saturated carbocycles. The van der Waals surface area contributed by atoms with Gasteiger partial charge in [-0.1, -0.05) is 0 Å². The van der Waals surface area contributed by atoms with E-state index < -0.39 is 11.2 Å². The summed E-state index contributed by atoms with van der Waals surface area (Å²) in [5.41, 5.74) is 0.441. The van der Waals surface area contributed by atoms with Crippen molar-refractivity contribution in [2.45, 2.75) is 11.1 Å². The number of thioether (sulfide) groups is 1. The first-order chi connectivity index (χ1) is 7.13. The lowest BCUT2D eigenvalue weighted by atomic mass is 10.2. The van der Waals surface area contributed by atoms with Gasteiger partial charge in [-0.3, -0.25) is 14.3 Å². The fourth-order valence-corrected chi connectivity index (χ4v) is 2.72. The summed E-state index contributed by atoms with van der Waals surface area (Å²) in [4.78, 5) is 23.1. The number of Topliss-reactive ketones (excluding diaryl/α,β-unsaturated/α-hetero) is 1. The molecular weight excluding hydrogens is 284 g/mol. The zero-order valence-corrected chi connectivity index (χ0v) is 10.2. The summed E-state index contributed by atoms with van der Waals surface area (Å²) in [6, 6.07) is 1.61. The number of methoxy groups -OCH3 is 1. The Kier molecular flexibility index (Phi) is 2.83. The summed E-state index contributed by atoms with van der Waals surface area (Å²) in [5, 5.41) is 3.30. The van der Waals surface area contributed by atoms with Crippen molar-refractivity contribution in [1.82, 2.24) is 9.78 Å². The van der Waals surface area contributed by atoms with E-state index in [9.17, 15) is 9.59 Å². The van der Waals surface area contributed by atoms with Gasteiger partial charge in [0.1, 0.15) is 10.3 Å². The summed E-state index contributed by atoms with van der Waals surface area (Å²) in [6.07, 6.45) is 0. The van der Waals surface area contributed by atoms with Gasteiger partial charge in [-0.05, 0) is 15.9 Å². The molecule has 0 aromatic carbocycles. The molecule has 0 N–H and O–H groups in total. The minimum atomic E-state index is -0.758. The molecule has 2 rings (SSSR count). The lowest BCUT2D eigenvalue weighted by Gasteiger charge is -2.19. The first-order valence-electron chi connectivity index (χ1n) is 4.10. The molecule has 1 atom stereocenters. The molecule has 0 aliphatic carbocycles. The Bertz CT molecular complexity index is 432.